The maximum Gasteiger partial charge on any atom is 0.271 e. The molecule has 1 amide bonds. The summed E-state index contributed by atoms with van der Waals surface area (Å²) in [5.74, 6) is 0.293. The largest absolute Gasteiger partial charge is 0.506 e. The van der Waals surface area contributed by atoms with Crippen LogP contribution in [-0.2, 0) is 6.42 Å². The molecule has 0 saturated heterocycles. The van der Waals surface area contributed by atoms with Gasteiger partial charge >= 0.3 is 0 Å². The summed E-state index contributed by atoms with van der Waals surface area (Å²) in [5, 5.41) is 19.1. The molecule has 6 nitrogen and oxygen atoms in total. The number of carbonyl (C=O) groups excluding carboxylic acids is 1. The predicted molar refractivity (Wildman–Crippen MR) is 150 cm³/mol. The van der Waals surface area contributed by atoms with Crippen LogP contribution in [0.5, 0.6) is 11.5 Å². The summed E-state index contributed by atoms with van der Waals surface area (Å²) in [4.78, 5) is 12.3. The number of amides is 1. The Labute approximate surface area is 218 Å². The lowest BCUT2D eigenvalue weighted by atomic mass is 10.0. The van der Waals surface area contributed by atoms with E-state index in [2.05, 4.69) is 47.0 Å². The summed E-state index contributed by atoms with van der Waals surface area (Å²) in [7, 11) is 0. The van der Waals surface area contributed by atoms with Crippen molar-refractivity contribution in [1.82, 2.24) is 10.7 Å². The standard InChI is InChI=1S/C29H28ClN3O3.2H2/c1-20-6-8-21(9-7-20)14-15-31-16-17-36-28-13-11-23(24-4-2-3-5-25(24)28)19-32-33-29(35)22-10-12-27(34)26(30)18-22;;/h2-13,18-19,31,34H,14-17H2,1H3,(H,33,35);2*1H/b32-19+;;. The number of benzene rings is 4. The molecule has 7 heteroatoms. The van der Waals surface area contributed by atoms with E-state index in [0.29, 0.717) is 12.2 Å². The first kappa shape index (κ1) is 25.2. The Morgan fingerprint density at radius 3 is 2.58 bits per heavy atom. The van der Waals surface area contributed by atoms with Crippen LogP contribution in [0.4, 0.5) is 0 Å². The number of hydrogen-bond acceptors (Lipinski definition) is 5. The number of nitrogens with zero attached hydrogens (tertiary/aromatic N) is 1. The molecular formula is C29H32ClN3O3. The zero-order valence-corrected chi connectivity index (χ0v) is 20.8. The number of carbonyl (C=O) groups is 1. The van der Waals surface area contributed by atoms with Gasteiger partial charge in [0.1, 0.15) is 18.1 Å². The van der Waals surface area contributed by atoms with E-state index in [1.54, 1.807) is 6.21 Å². The van der Waals surface area contributed by atoms with E-state index in [4.69, 9.17) is 16.3 Å². The monoisotopic (exact) mass is 505 g/mol. The van der Waals surface area contributed by atoms with Gasteiger partial charge in [-0.3, -0.25) is 4.79 Å². The van der Waals surface area contributed by atoms with Crippen molar-refractivity contribution >= 4 is 34.5 Å². The third-order valence-corrected chi connectivity index (χ3v) is 6.05. The van der Waals surface area contributed by atoms with E-state index in [1.165, 1.54) is 29.3 Å². The number of rotatable bonds is 10. The van der Waals surface area contributed by atoms with Gasteiger partial charge in [0.25, 0.3) is 5.91 Å². The summed E-state index contributed by atoms with van der Waals surface area (Å²) in [6.45, 7) is 4.29. The lowest BCUT2D eigenvalue weighted by molar-refractivity contribution is 0.0955. The van der Waals surface area contributed by atoms with Crippen molar-refractivity contribution in [3.8, 4) is 11.5 Å². The second kappa shape index (κ2) is 12.2. The average molecular weight is 506 g/mol. The first-order valence-electron chi connectivity index (χ1n) is 11.7. The van der Waals surface area contributed by atoms with Crippen LogP contribution in [0, 0.1) is 6.92 Å². The highest BCUT2D eigenvalue weighted by Gasteiger charge is 2.08. The summed E-state index contributed by atoms with van der Waals surface area (Å²) in [6, 6.07) is 24.6. The number of halogens is 1. The number of fused-ring (bicyclic) bond motifs is 1. The molecule has 3 N–H and O–H groups in total. The summed E-state index contributed by atoms with van der Waals surface area (Å²) < 4.78 is 6.05. The zero-order chi connectivity index (χ0) is 25.3. The summed E-state index contributed by atoms with van der Waals surface area (Å²) >= 11 is 5.87. The highest BCUT2D eigenvalue weighted by atomic mass is 35.5. The lowest BCUT2D eigenvalue weighted by Crippen LogP contribution is -2.23. The molecule has 0 bridgehead atoms. The molecule has 0 aliphatic rings. The number of hydrogen-bond donors (Lipinski definition) is 3. The van der Waals surface area contributed by atoms with E-state index in [-0.39, 0.29) is 13.6 Å². The number of ether oxygens (including phenoxy) is 1. The number of aromatic hydroxyl groups is 1. The average Bonchev–Trinajstić information content (AvgIpc) is 2.89. The maximum atomic E-state index is 12.3. The molecule has 0 unspecified atom stereocenters. The number of hydrazone groups is 1. The normalized spacial score (nSPS) is 11.2. The van der Waals surface area contributed by atoms with Crippen LogP contribution in [0.15, 0.2) is 84.0 Å². The van der Waals surface area contributed by atoms with Crippen molar-refractivity contribution in [2.75, 3.05) is 19.7 Å². The van der Waals surface area contributed by atoms with Gasteiger partial charge in [0.15, 0.2) is 0 Å². The van der Waals surface area contributed by atoms with E-state index >= 15 is 0 Å². The van der Waals surface area contributed by atoms with Crippen LogP contribution in [0.25, 0.3) is 10.8 Å². The van der Waals surface area contributed by atoms with Gasteiger partial charge in [-0.15, -0.1) is 0 Å². The Hall–Kier alpha value is -3.87. The van der Waals surface area contributed by atoms with Gasteiger partial charge in [0.2, 0.25) is 0 Å². The number of phenols is 1. The molecule has 36 heavy (non-hydrogen) atoms. The minimum atomic E-state index is -0.424. The fourth-order valence-electron chi connectivity index (χ4n) is 3.75. The van der Waals surface area contributed by atoms with Gasteiger partial charge in [0, 0.05) is 25.9 Å². The molecule has 0 aliphatic heterocycles. The first-order chi connectivity index (χ1) is 17.5. The van der Waals surface area contributed by atoms with Gasteiger partial charge in [-0.25, -0.2) is 5.43 Å². The Morgan fingerprint density at radius 2 is 1.81 bits per heavy atom. The molecule has 0 spiro atoms. The van der Waals surface area contributed by atoms with Crippen molar-refractivity contribution in [2.45, 2.75) is 13.3 Å². The minimum absolute atomic E-state index is 0. The first-order valence-corrected chi connectivity index (χ1v) is 12.1. The quantitative estimate of drug-likeness (QED) is 0.141. The third-order valence-electron chi connectivity index (χ3n) is 5.74. The molecule has 0 aromatic heterocycles. The molecule has 0 saturated carbocycles. The molecule has 0 radical (unpaired) electrons. The van der Waals surface area contributed by atoms with E-state index in [9.17, 15) is 9.90 Å². The highest BCUT2D eigenvalue weighted by molar-refractivity contribution is 6.32. The topological polar surface area (TPSA) is 83.0 Å². The lowest BCUT2D eigenvalue weighted by Gasteiger charge is -2.12. The van der Waals surface area contributed by atoms with Gasteiger partial charge in [-0.1, -0.05) is 65.7 Å². The van der Waals surface area contributed by atoms with Gasteiger partial charge in [0.05, 0.1) is 11.2 Å². The van der Waals surface area contributed by atoms with Crippen molar-refractivity contribution in [2.24, 2.45) is 5.10 Å². The van der Waals surface area contributed by atoms with Crippen LogP contribution >= 0.6 is 11.6 Å². The van der Waals surface area contributed by atoms with Crippen LogP contribution in [0.3, 0.4) is 0 Å². The van der Waals surface area contributed by atoms with Gasteiger partial charge in [-0.05, 0) is 61.2 Å². The molecule has 188 valence electrons. The van der Waals surface area contributed by atoms with Crippen molar-refractivity contribution in [1.29, 1.82) is 0 Å². The third kappa shape index (κ3) is 6.62. The molecule has 0 heterocycles. The van der Waals surface area contributed by atoms with E-state index in [1.807, 2.05) is 36.4 Å². The van der Waals surface area contributed by atoms with Crippen LogP contribution < -0.4 is 15.5 Å². The van der Waals surface area contributed by atoms with Crippen molar-refractivity contribution in [3.05, 3.63) is 106 Å². The molecule has 4 aromatic rings. The van der Waals surface area contributed by atoms with Gasteiger partial charge < -0.3 is 15.2 Å². The Bertz CT molecular complexity index is 1380. The fourth-order valence-corrected chi connectivity index (χ4v) is 3.93. The Kier molecular flexibility index (Phi) is 8.55. The summed E-state index contributed by atoms with van der Waals surface area (Å²) in [5.41, 5.74) is 6.23. The molecule has 0 aliphatic carbocycles. The minimum Gasteiger partial charge on any atom is -0.506 e. The SMILES string of the molecule is Cc1ccc(CCNCCOc2ccc(/C=N/NC(=O)c3ccc(O)c(Cl)c3)c3ccccc23)cc1.[HH].[HH]. The fraction of sp³-hybridized carbons (Fsp3) is 0.172. The summed E-state index contributed by atoms with van der Waals surface area (Å²) in [6.07, 6.45) is 2.58. The van der Waals surface area contributed by atoms with Crippen LogP contribution in [0.2, 0.25) is 5.02 Å². The van der Waals surface area contributed by atoms with Crippen LogP contribution in [0.1, 0.15) is 29.9 Å². The molecule has 0 fully saturated rings. The maximum absolute atomic E-state index is 12.3. The Balaban J connectivity index is 0.00000253. The predicted octanol–water partition coefficient (Wildman–Crippen LogP) is 5.97. The molecular weight excluding hydrogens is 474 g/mol. The zero-order valence-electron chi connectivity index (χ0n) is 20.0. The van der Waals surface area contributed by atoms with Crippen molar-refractivity contribution in [3.63, 3.8) is 0 Å². The van der Waals surface area contributed by atoms with Crippen LogP contribution in [-0.4, -0.2) is 36.9 Å². The smallest absolute Gasteiger partial charge is 0.271 e. The molecule has 4 rings (SSSR count). The number of phenolic OH excluding ortho intramolecular Hbond substituents is 1. The molecule has 4 aromatic carbocycles. The van der Waals surface area contributed by atoms with Gasteiger partial charge in [-0.2, -0.15) is 5.10 Å². The molecule has 0 atom stereocenters. The number of nitrogens with one attached hydrogen (secondary N) is 2. The van der Waals surface area contributed by atoms with Crippen molar-refractivity contribution < 1.29 is 17.5 Å². The van der Waals surface area contributed by atoms with E-state index < -0.39 is 5.91 Å². The van der Waals surface area contributed by atoms with E-state index in [0.717, 1.165) is 41.6 Å². The number of aryl methyl sites for hydroxylation is 1. The second-order valence-corrected chi connectivity index (χ2v) is 8.81. The highest BCUT2D eigenvalue weighted by Crippen LogP contribution is 2.28. The second-order valence-electron chi connectivity index (χ2n) is 8.40. The Morgan fingerprint density at radius 1 is 1.03 bits per heavy atom.